The van der Waals surface area contributed by atoms with Crippen LogP contribution in [0.3, 0.4) is 0 Å². The molecule has 7 rings (SSSR count). The van der Waals surface area contributed by atoms with Gasteiger partial charge in [-0.1, -0.05) is 29.3 Å². The number of carbonyl (C=O) groups excluding carboxylic acids is 2. The highest BCUT2D eigenvalue weighted by atomic mass is 35.5. The van der Waals surface area contributed by atoms with Crippen molar-refractivity contribution in [1.29, 1.82) is 0 Å². The largest absolute Gasteiger partial charge is 0.358 e. The number of aryl methyl sites for hydroxylation is 1. The Balaban J connectivity index is 1.24. The van der Waals surface area contributed by atoms with Gasteiger partial charge in [-0.3, -0.25) is 14.5 Å². The van der Waals surface area contributed by atoms with Gasteiger partial charge in [0.25, 0.3) is 5.91 Å². The molecule has 0 spiro atoms. The molecule has 3 aliphatic heterocycles. The van der Waals surface area contributed by atoms with Gasteiger partial charge in [-0.25, -0.2) is 8.42 Å². The number of sulfone groups is 1. The zero-order valence-electron chi connectivity index (χ0n) is 25.4. The lowest BCUT2D eigenvalue weighted by Crippen LogP contribution is -2.23. The third kappa shape index (κ3) is 5.35. The average Bonchev–Trinajstić information content (AvgIpc) is 3.83. The maximum atomic E-state index is 14.3. The van der Waals surface area contributed by atoms with E-state index < -0.39 is 9.84 Å². The van der Waals surface area contributed by atoms with E-state index in [1.54, 1.807) is 30.3 Å². The first-order chi connectivity index (χ1) is 22.0. The van der Waals surface area contributed by atoms with E-state index in [-0.39, 0.29) is 32.4 Å². The smallest absolute Gasteiger partial charge is 0.256 e. The van der Waals surface area contributed by atoms with E-state index in [4.69, 9.17) is 23.2 Å². The minimum absolute atomic E-state index is 0.0366. The first-order valence-corrected chi connectivity index (χ1v) is 17.6. The summed E-state index contributed by atoms with van der Waals surface area (Å²) in [6.07, 6.45) is 6.06. The van der Waals surface area contributed by atoms with Crippen molar-refractivity contribution in [3.8, 4) is 0 Å². The van der Waals surface area contributed by atoms with E-state index in [1.165, 1.54) is 25.0 Å². The Hall–Kier alpha value is -3.89. The fourth-order valence-corrected chi connectivity index (χ4v) is 8.96. The molecule has 46 heavy (non-hydrogen) atoms. The maximum absolute atomic E-state index is 14.3. The third-order valence-electron chi connectivity index (χ3n) is 9.16. The SMILES string of the molecule is Cc1[nH]c(/C=C2\C(=O)Nc3ccc(S(=O)(=O)Cc4c(Cl)cccc4Cl)cc32)c(C)c1C(=O)C1=C(CN2CCCC2)Cn2cccc21. The van der Waals surface area contributed by atoms with Gasteiger partial charge in [0.2, 0.25) is 0 Å². The van der Waals surface area contributed by atoms with Crippen molar-refractivity contribution in [3.63, 3.8) is 0 Å². The second-order valence-corrected chi connectivity index (χ2v) is 15.0. The van der Waals surface area contributed by atoms with Crippen molar-refractivity contribution in [2.75, 3.05) is 25.0 Å². The topological polar surface area (TPSA) is 104 Å². The Morgan fingerprint density at radius 1 is 1.02 bits per heavy atom. The summed E-state index contributed by atoms with van der Waals surface area (Å²) in [4.78, 5) is 33.3. The van der Waals surface area contributed by atoms with Crippen LogP contribution in [0.1, 0.15) is 57.0 Å². The van der Waals surface area contributed by atoms with Crippen LogP contribution >= 0.6 is 23.2 Å². The van der Waals surface area contributed by atoms with Crippen LogP contribution in [0.5, 0.6) is 0 Å². The summed E-state index contributed by atoms with van der Waals surface area (Å²) in [5.74, 6) is -0.780. The van der Waals surface area contributed by atoms with E-state index >= 15 is 0 Å². The molecule has 0 aliphatic carbocycles. The summed E-state index contributed by atoms with van der Waals surface area (Å²) in [6.45, 7) is 7.29. The number of halogens is 2. The van der Waals surface area contributed by atoms with Crippen LogP contribution < -0.4 is 5.32 Å². The molecular weight excluding hydrogens is 643 g/mol. The Morgan fingerprint density at radius 2 is 1.76 bits per heavy atom. The number of rotatable bonds is 8. The van der Waals surface area contributed by atoms with E-state index in [1.807, 2.05) is 32.2 Å². The molecule has 236 valence electrons. The lowest BCUT2D eigenvalue weighted by Gasteiger charge is -2.16. The standard InChI is InChI=1S/C35H32Cl2N4O4S/c1-20-30(38-21(2)32(20)34(42)33-22(17-40-12-3-4-13-40)18-41-14-6-9-31(33)41)16-25-24-15-23(10-11-29(24)39-35(25)43)46(44,45)19-26-27(36)7-5-8-28(26)37/h5-11,14-16,38H,3-4,12-13,17-19H2,1-2H3,(H,39,43)/b25-16-. The van der Waals surface area contributed by atoms with Crippen molar-refractivity contribution in [2.24, 2.45) is 0 Å². The molecule has 5 heterocycles. The highest BCUT2D eigenvalue weighted by Gasteiger charge is 2.32. The van der Waals surface area contributed by atoms with E-state index in [9.17, 15) is 18.0 Å². The van der Waals surface area contributed by atoms with Crippen LogP contribution in [0.15, 0.2) is 65.2 Å². The molecule has 1 fully saturated rings. The molecule has 2 aromatic carbocycles. The number of carbonyl (C=O) groups is 2. The highest BCUT2D eigenvalue weighted by Crippen LogP contribution is 2.39. The summed E-state index contributed by atoms with van der Waals surface area (Å²) >= 11 is 12.5. The van der Waals surface area contributed by atoms with E-state index in [0.717, 1.165) is 42.0 Å². The van der Waals surface area contributed by atoms with Crippen LogP contribution in [0.2, 0.25) is 10.0 Å². The number of nitrogens with one attached hydrogen (secondary N) is 2. The van der Waals surface area contributed by atoms with Crippen LogP contribution in [-0.2, 0) is 26.9 Å². The lowest BCUT2D eigenvalue weighted by molar-refractivity contribution is -0.110. The van der Waals surface area contributed by atoms with Gasteiger partial charge in [0.15, 0.2) is 15.6 Å². The summed E-state index contributed by atoms with van der Waals surface area (Å²) < 4.78 is 29.1. The average molecular weight is 676 g/mol. The lowest BCUT2D eigenvalue weighted by atomic mass is 9.94. The maximum Gasteiger partial charge on any atom is 0.256 e. The van der Waals surface area contributed by atoms with Gasteiger partial charge in [0, 0.05) is 68.7 Å². The predicted molar refractivity (Wildman–Crippen MR) is 182 cm³/mol. The minimum atomic E-state index is -3.86. The number of ketones is 1. The third-order valence-corrected chi connectivity index (χ3v) is 11.5. The first-order valence-electron chi connectivity index (χ1n) is 15.2. The number of aromatic amines is 1. The molecule has 2 aromatic heterocycles. The second-order valence-electron chi connectivity index (χ2n) is 12.2. The van der Waals surface area contributed by atoms with Gasteiger partial charge < -0.3 is 14.9 Å². The number of amides is 1. The Labute approximate surface area is 277 Å². The monoisotopic (exact) mass is 674 g/mol. The highest BCUT2D eigenvalue weighted by molar-refractivity contribution is 7.90. The van der Waals surface area contributed by atoms with E-state index in [2.05, 4.69) is 19.8 Å². The van der Waals surface area contributed by atoms with Crippen molar-refractivity contribution in [2.45, 2.75) is 43.9 Å². The molecule has 2 N–H and O–H groups in total. The quantitative estimate of drug-likeness (QED) is 0.155. The molecule has 4 aromatic rings. The van der Waals surface area contributed by atoms with Crippen LogP contribution in [0.25, 0.3) is 17.2 Å². The molecule has 1 saturated heterocycles. The number of anilines is 1. The van der Waals surface area contributed by atoms with Crippen molar-refractivity contribution < 1.29 is 18.0 Å². The molecule has 3 aliphatic rings. The summed E-state index contributed by atoms with van der Waals surface area (Å²) in [6, 6.07) is 13.4. The van der Waals surface area contributed by atoms with Gasteiger partial charge in [-0.15, -0.1) is 0 Å². The number of fused-ring (bicyclic) bond motifs is 2. The zero-order valence-corrected chi connectivity index (χ0v) is 27.7. The number of allylic oxidation sites excluding steroid dienone is 1. The van der Waals surface area contributed by atoms with Gasteiger partial charge in [0.1, 0.15) is 0 Å². The summed E-state index contributed by atoms with van der Waals surface area (Å²) in [5.41, 5.74) is 7.02. The number of H-pyrrole nitrogens is 1. The molecule has 0 saturated carbocycles. The molecule has 0 unspecified atom stereocenters. The molecule has 11 heteroatoms. The van der Waals surface area contributed by atoms with Crippen LogP contribution in [0.4, 0.5) is 5.69 Å². The number of hydrogen-bond donors (Lipinski definition) is 2. The van der Waals surface area contributed by atoms with Crippen molar-refractivity contribution in [1.82, 2.24) is 14.5 Å². The molecule has 0 atom stereocenters. The zero-order chi connectivity index (χ0) is 32.3. The Kier molecular flexibility index (Phi) is 7.84. The fourth-order valence-electron chi connectivity index (χ4n) is 6.84. The van der Waals surface area contributed by atoms with Crippen molar-refractivity contribution in [3.05, 3.63) is 110 Å². The predicted octanol–water partition coefficient (Wildman–Crippen LogP) is 6.95. The number of hydrogen-bond acceptors (Lipinski definition) is 5. The summed E-state index contributed by atoms with van der Waals surface area (Å²) in [5, 5.41) is 3.36. The van der Waals surface area contributed by atoms with Gasteiger partial charge >= 0.3 is 0 Å². The minimum Gasteiger partial charge on any atom is -0.358 e. The number of likely N-dealkylation sites (tertiary alicyclic amines) is 1. The summed E-state index contributed by atoms with van der Waals surface area (Å²) in [7, 11) is -3.86. The van der Waals surface area contributed by atoms with E-state index in [0.29, 0.717) is 45.9 Å². The van der Waals surface area contributed by atoms with Crippen LogP contribution in [-0.4, -0.2) is 54.2 Å². The Morgan fingerprint density at radius 3 is 2.50 bits per heavy atom. The number of benzene rings is 2. The number of aromatic nitrogens is 2. The molecule has 8 nitrogen and oxygen atoms in total. The molecule has 0 radical (unpaired) electrons. The molecule has 1 amide bonds. The molecule has 0 bridgehead atoms. The normalized spacial score (nSPS) is 17.2. The Bertz CT molecular complexity index is 2100. The first kappa shape index (κ1) is 30.7. The number of Topliss-reactive ketones (excluding diaryl/α,β-unsaturated/α-hetero) is 1. The van der Waals surface area contributed by atoms with Gasteiger partial charge in [-0.05, 0) is 99.5 Å². The number of nitrogens with zero attached hydrogens (tertiary/aromatic N) is 2. The fraction of sp³-hybridized carbons (Fsp3) is 0.257. The van der Waals surface area contributed by atoms with Gasteiger partial charge in [0.05, 0.1) is 21.9 Å². The van der Waals surface area contributed by atoms with Crippen molar-refractivity contribution >= 4 is 67.6 Å². The van der Waals surface area contributed by atoms with Gasteiger partial charge in [-0.2, -0.15) is 0 Å². The van der Waals surface area contributed by atoms with Crippen LogP contribution in [0, 0.1) is 13.8 Å². The second kappa shape index (κ2) is 11.7. The molecular formula is C35H32Cl2N4O4S.